The summed E-state index contributed by atoms with van der Waals surface area (Å²) in [6.07, 6.45) is -3.97. The highest BCUT2D eigenvalue weighted by molar-refractivity contribution is 5.96. The first kappa shape index (κ1) is 17.0. The molecule has 0 aromatic heterocycles. The van der Waals surface area contributed by atoms with E-state index in [9.17, 15) is 23.1 Å². The third-order valence-corrected chi connectivity index (χ3v) is 2.93. The zero-order valence-electron chi connectivity index (χ0n) is 11.6. The lowest BCUT2D eigenvalue weighted by Crippen LogP contribution is -2.39. The maximum atomic E-state index is 12.8. The quantitative estimate of drug-likeness (QED) is 0.897. The molecule has 1 rings (SSSR count). The largest absolute Gasteiger partial charge is 0.417 e. The molecule has 0 saturated heterocycles. The minimum Gasteiger partial charge on any atom is -0.380 e. The summed E-state index contributed by atoms with van der Waals surface area (Å²) in [6.45, 7) is 3.06. The first-order valence-corrected chi connectivity index (χ1v) is 6.27. The van der Waals surface area contributed by atoms with Gasteiger partial charge in [0.2, 0.25) is 0 Å². The second kappa shape index (κ2) is 6.14. The van der Waals surface area contributed by atoms with Crippen LogP contribution >= 0.6 is 0 Å². The maximum absolute atomic E-state index is 12.8. The summed E-state index contributed by atoms with van der Waals surface area (Å²) >= 11 is 0. The Balaban J connectivity index is 3.07. The van der Waals surface area contributed by atoms with Crippen molar-refractivity contribution in [2.75, 3.05) is 5.32 Å². The first-order chi connectivity index (χ1) is 9.61. The first-order valence-electron chi connectivity index (χ1n) is 6.27. The van der Waals surface area contributed by atoms with Gasteiger partial charge in [0.05, 0.1) is 17.2 Å². The van der Waals surface area contributed by atoms with E-state index >= 15 is 0 Å². The zero-order valence-corrected chi connectivity index (χ0v) is 11.6. The summed E-state index contributed by atoms with van der Waals surface area (Å²) in [6, 6.07) is 4.30. The van der Waals surface area contributed by atoms with Crippen molar-refractivity contribution in [3.63, 3.8) is 0 Å². The lowest BCUT2D eigenvalue weighted by atomic mass is 9.99. The molecule has 1 aromatic rings. The smallest absolute Gasteiger partial charge is 0.380 e. The fourth-order valence-corrected chi connectivity index (χ4v) is 1.82. The lowest BCUT2D eigenvalue weighted by Gasteiger charge is -2.22. The van der Waals surface area contributed by atoms with Gasteiger partial charge in [-0.05, 0) is 31.5 Å². The number of benzene rings is 1. The third kappa shape index (κ3) is 4.20. The van der Waals surface area contributed by atoms with Gasteiger partial charge in [-0.3, -0.25) is 4.79 Å². The minimum absolute atomic E-state index is 0.122. The monoisotopic (exact) mass is 300 g/mol. The van der Waals surface area contributed by atoms with Gasteiger partial charge in [0, 0.05) is 5.69 Å². The number of aliphatic hydroxyl groups is 1. The van der Waals surface area contributed by atoms with E-state index in [1.165, 1.54) is 19.1 Å². The van der Waals surface area contributed by atoms with Gasteiger partial charge in [-0.2, -0.15) is 18.4 Å². The van der Waals surface area contributed by atoms with Gasteiger partial charge in [0.15, 0.2) is 0 Å². The lowest BCUT2D eigenvalue weighted by molar-refractivity contribution is -0.138. The van der Waals surface area contributed by atoms with Crippen LogP contribution in [0.25, 0.3) is 0 Å². The van der Waals surface area contributed by atoms with Crippen LogP contribution in [0.3, 0.4) is 0 Å². The van der Waals surface area contributed by atoms with Gasteiger partial charge >= 0.3 is 6.18 Å². The Morgan fingerprint density at radius 2 is 2.05 bits per heavy atom. The van der Waals surface area contributed by atoms with E-state index in [0.29, 0.717) is 12.5 Å². The molecule has 0 fully saturated rings. The van der Waals surface area contributed by atoms with Crippen molar-refractivity contribution in [3.8, 4) is 6.07 Å². The molecule has 7 heteroatoms. The van der Waals surface area contributed by atoms with Crippen molar-refractivity contribution in [1.29, 1.82) is 5.26 Å². The second-order valence-corrected chi connectivity index (χ2v) is 4.85. The maximum Gasteiger partial charge on any atom is 0.417 e. The number of anilines is 1. The Morgan fingerprint density at radius 3 is 2.52 bits per heavy atom. The van der Waals surface area contributed by atoms with Gasteiger partial charge in [-0.15, -0.1) is 0 Å². The Hall–Kier alpha value is -2.07. The van der Waals surface area contributed by atoms with Crippen LogP contribution in [-0.4, -0.2) is 16.6 Å². The van der Waals surface area contributed by atoms with Crippen LogP contribution in [0.15, 0.2) is 18.2 Å². The molecule has 114 valence electrons. The van der Waals surface area contributed by atoms with Crippen LogP contribution in [0.2, 0.25) is 0 Å². The van der Waals surface area contributed by atoms with Gasteiger partial charge in [0.1, 0.15) is 5.60 Å². The van der Waals surface area contributed by atoms with E-state index in [1.807, 2.05) is 0 Å². The summed E-state index contributed by atoms with van der Waals surface area (Å²) in [5.41, 5.74) is -3.44. The van der Waals surface area contributed by atoms with Crippen LogP contribution in [0.4, 0.5) is 18.9 Å². The molecule has 0 bridgehead atoms. The molecule has 0 heterocycles. The molecule has 0 saturated carbocycles. The minimum atomic E-state index is -4.70. The Labute approximate surface area is 120 Å². The molecule has 0 aliphatic rings. The van der Waals surface area contributed by atoms with Crippen molar-refractivity contribution < 1.29 is 23.1 Å². The summed E-state index contributed by atoms with van der Waals surface area (Å²) < 4.78 is 38.4. The number of rotatable bonds is 4. The van der Waals surface area contributed by atoms with Gasteiger partial charge in [-0.1, -0.05) is 13.3 Å². The van der Waals surface area contributed by atoms with Crippen molar-refractivity contribution in [1.82, 2.24) is 0 Å². The van der Waals surface area contributed by atoms with Gasteiger partial charge in [-0.25, -0.2) is 0 Å². The third-order valence-electron chi connectivity index (χ3n) is 2.93. The van der Waals surface area contributed by atoms with Crippen LogP contribution in [0, 0.1) is 11.3 Å². The molecule has 0 aliphatic heterocycles. The number of nitrogens with zero attached hydrogens (tertiary/aromatic N) is 1. The summed E-state index contributed by atoms with van der Waals surface area (Å²) in [4.78, 5) is 11.8. The highest BCUT2D eigenvalue weighted by atomic mass is 19.4. The highest BCUT2D eigenvalue weighted by Crippen LogP contribution is 2.33. The Kier molecular flexibility index (Phi) is 4.97. The molecular weight excluding hydrogens is 285 g/mol. The summed E-state index contributed by atoms with van der Waals surface area (Å²) in [7, 11) is 0. The molecule has 0 radical (unpaired) electrons. The van der Waals surface area contributed by atoms with Crippen LogP contribution in [0.5, 0.6) is 0 Å². The van der Waals surface area contributed by atoms with E-state index in [-0.39, 0.29) is 12.1 Å². The number of nitrogens with one attached hydrogen (secondary N) is 1. The molecule has 4 nitrogen and oxygen atoms in total. The predicted octanol–water partition coefficient (Wildman–Crippen LogP) is 3.07. The van der Waals surface area contributed by atoms with Gasteiger partial charge in [0.25, 0.3) is 5.91 Å². The number of carbonyl (C=O) groups excluding carboxylic acids is 1. The number of alkyl halides is 3. The fourth-order valence-electron chi connectivity index (χ4n) is 1.82. The standard InChI is InChI=1S/C14H15F3N2O2/c1-3-6-13(2,21)12(20)19-10-5-4-9(8-18)11(7-10)14(15,16)17/h4-5,7,21H,3,6H2,1-2H3,(H,19,20). The number of hydrogen-bond acceptors (Lipinski definition) is 3. The van der Waals surface area contributed by atoms with E-state index in [2.05, 4.69) is 5.32 Å². The highest BCUT2D eigenvalue weighted by Gasteiger charge is 2.34. The van der Waals surface area contributed by atoms with Crippen molar-refractivity contribution in [2.45, 2.75) is 38.5 Å². The Bertz CT molecular complexity index is 575. The number of carbonyl (C=O) groups is 1. The molecule has 0 spiro atoms. The number of amides is 1. The van der Waals surface area contributed by atoms with Crippen LogP contribution in [0.1, 0.15) is 37.8 Å². The molecule has 1 amide bonds. The van der Waals surface area contributed by atoms with E-state index in [4.69, 9.17) is 5.26 Å². The van der Waals surface area contributed by atoms with Gasteiger partial charge < -0.3 is 10.4 Å². The van der Waals surface area contributed by atoms with Crippen molar-refractivity contribution in [3.05, 3.63) is 29.3 Å². The summed E-state index contributed by atoms with van der Waals surface area (Å²) in [5.74, 6) is -0.790. The van der Waals surface area contributed by atoms with E-state index in [0.717, 1.165) is 6.07 Å². The topological polar surface area (TPSA) is 73.1 Å². The second-order valence-electron chi connectivity index (χ2n) is 4.85. The van der Waals surface area contributed by atoms with Crippen molar-refractivity contribution in [2.24, 2.45) is 0 Å². The number of nitriles is 1. The molecule has 1 aromatic carbocycles. The molecule has 1 unspecified atom stereocenters. The van der Waals surface area contributed by atoms with Crippen LogP contribution in [-0.2, 0) is 11.0 Å². The summed E-state index contributed by atoms with van der Waals surface area (Å²) in [5, 5.41) is 20.8. The number of hydrogen-bond donors (Lipinski definition) is 2. The molecule has 1 atom stereocenters. The Morgan fingerprint density at radius 1 is 1.43 bits per heavy atom. The molecule has 21 heavy (non-hydrogen) atoms. The number of halogens is 3. The normalized spacial score (nSPS) is 14.1. The van der Waals surface area contributed by atoms with Crippen molar-refractivity contribution >= 4 is 11.6 Å². The average Bonchev–Trinajstić information content (AvgIpc) is 2.37. The van der Waals surface area contributed by atoms with E-state index in [1.54, 1.807) is 6.92 Å². The molecule has 0 aliphatic carbocycles. The molecule has 2 N–H and O–H groups in total. The SMILES string of the molecule is CCCC(C)(O)C(=O)Nc1ccc(C#N)c(C(F)(F)F)c1. The average molecular weight is 300 g/mol. The predicted molar refractivity (Wildman–Crippen MR) is 70.3 cm³/mol. The van der Waals surface area contributed by atoms with Crippen LogP contribution < -0.4 is 5.32 Å². The fraction of sp³-hybridized carbons (Fsp3) is 0.429. The zero-order chi connectivity index (χ0) is 16.3. The van der Waals surface area contributed by atoms with E-state index < -0.39 is 28.8 Å². The molecular formula is C14H15F3N2O2.